The Morgan fingerprint density at radius 2 is 2.12 bits per heavy atom. The summed E-state index contributed by atoms with van der Waals surface area (Å²) in [5, 5.41) is 0. The largest absolute Gasteiger partial charge is 0.497 e. The molecule has 0 aliphatic rings. The molecule has 0 saturated heterocycles. The molecule has 0 heterocycles. The van der Waals surface area contributed by atoms with Gasteiger partial charge in [0.05, 0.1) is 19.1 Å². The summed E-state index contributed by atoms with van der Waals surface area (Å²) in [5.41, 5.74) is 0.217. The van der Waals surface area contributed by atoms with Crippen LogP contribution in [0.15, 0.2) is 23.1 Å². The first-order valence-corrected chi connectivity index (χ1v) is 4.85. The van der Waals surface area contributed by atoms with Crippen LogP contribution < -0.4 is 4.74 Å². The van der Waals surface area contributed by atoms with Crippen molar-refractivity contribution in [2.75, 3.05) is 14.2 Å². The number of methoxy groups -OCH3 is 2. The lowest BCUT2D eigenvalue weighted by atomic mass is 10.2. The van der Waals surface area contributed by atoms with E-state index in [0.717, 1.165) is 0 Å². The lowest BCUT2D eigenvalue weighted by molar-refractivity contribution is -0.135. The molecule has 0 radical (unpaired) electrons. The summed E-state index contributed by atoms with van der Waals surface area (Å²) in [4.78, 5) is 11.1. The number of ether oxygens (including phenoxy) is 2. The van der Waals surface area contributed by atoms with Crippen LogP contribution in [0.5, 0.6) is 5.75 Å². The standard InChI is InChI=1S/C11H11FO3S/c1-14-8-3-4-9(12)7(5-8)6-10(16)11(13)15-2/h3-6,16H,1-2H3/b10-6-. The number of rotatable bonds is 3. The number of thiol groups is 1. The predicted molar refractivity (Wildman–Crippen MR) is 61.9 cm³/mol. The van der Waals surface area contributed by atoms with Crippen LogP contribution in [0.1, 0.15) is 5.56 Å². The highest BCUT2D eigenvalue weighted by Gasteiger charge is 2.07. The highest BCUT2D eigenvalue weighted by atomic mass is 32.1. The Hall–Kier alpha value is -1.49. The van der Waals surface area contributed by atoms with Crippen molar-refractivity contribution in [1.29, 1.82) is 0 Å². The molecule has 86 valence electrons. The van der Waals surface area contributed by atoms with Crippen molar-refractivity contribution < 1.29 is 18.7 Å². The van der Waals surface area contributed by atoms with Crippen molar-refractivity contribution >= 4 is 24.7 Å². The molecule has 0 saturated carbocycles. The maximum Gasteiger partial charge on any atom is 0.344 e. The Morgan fingerprint density at radius 1 is 1.44 bits per heavy atom. The molecule has 0 fully saturated rings. The van der Waals surface area contributed by atoms with Crippen molar-refractivity contribution in [1.82, 2.24) is 0 Å². The minimum Gasteiger partial charge on any atom is -0.497 e. The molecule has 0 aliphatic carbocycles. The van der Waals surface area contributed by atoms with Gasteiger partial charge in [0, 0.05) is 5.56 Å². The Kier molecular flexibility index (Phi) is 4.37. The summed E-state index contributed by atoms with van der Waals surface area (Å²) in [6.45, 7) is 0. The van der Waals surface area contributed by atoms with Crippen molar-refractivity contribution in [2.45, 2.75) is 0 Å². The molecule has 1 aromatic carbocycles. The normalized spacial score (nSPS) is 11.1. The molecular formula is C11H11FO3S. The Balaban J connectivity index is 3.08. The number of hydrogen-bond acceptors (Lipinski definition) is 4. The van der Waals surface area contributed by atoms with Gasteiger partial charge < -0.3 is 9.47 Å². The highest BCUT2D eigenvalue weighted by Crippen LogP contribution is 2.20. The molecule has 0 spiro atoms. The SMILES string of the molecule is COC(=O)/C(S)=C/c1cc(OC)ccc1F. The minimum absolute atomic E-state index is 0.0228. The van der Waals surface area contributed by atoms with Gasteiger partial charge in [0.25, 0.3) is 0 Å². The Labute approximate surface area is 98.3 Å². The molecule has 3 nitrogen and oxygen atoms in total. The van der Waals surface area contributed by atoms with Gasteiger partial charge in [-0.1, -0.05) is 0 Å². The van der Waals surface area contributed by atoms with Crippen LogP contribution >= 0.6 is 12.6 Å². The maximum absolute atomic E-state index is 13.3. The summed E-state index contributed by atoms with van der Waals surface area (Å²) in [6.07, 6.45) is 1.28. The Morgan fingerprint density at radius 3 is 2.69 bits per heavy atom. The molecule has 1 rings (SSSR count). The second-order valence-corrected chi connectivity index (χ2v) is 3.39. The first-order chi connectivity index (χ1) is 7.58. The minimum atomic E-state index is -0.620. The smallest absolute Gasteiger partial charge is 0.344 e. The van der Waals surface area contributed by atoms with E-state index in [1.54, 1.807) is 0 Å². The number of halogens is 1. The van der Waals surface area contributed by atoms with Gasteiger partial charge in [-0.05, 0) is 24.3 Å². The molecule has 16 heavy (non-hydrogen) atoms. The third-order valence-corrected chi connectivity index (χ3v) is 2.20. The van der Waals surface area contributed by atoms with Gasteiger partial charge in [-0.3, -0.25) is 0 Å². The zero-order valence-corrected chi connectivity index (χ0v) is 9.75. The van der Waals surface area contributed by atoms with E-state index in [9.17, 15) is 9.18 Å². The van der Waals surface area contributed by atoms with Crippen LogP contribution in [0.2, 0.25) is 0 Å². The Bertz CT molecular complexity index is 429. The quantitative estimate of drug-likeness (QED) is 0.502. The predicted octanol–water partition coefficient (Wildman–Crippen LogP) is 2.28. The van der Waals surface area contributed by atoms with E-state index in [-0.39, 0.29) is 10.5 Å². The molecule has 0 bridgehead atoms. The van der Waals surface area contributed by atoms with E-state index in [4.69, 9.17) is 4.74 Å². The monoisotopic (exact) mass is 242 g/mol. The zero-order chi connectivity index (χ0) is 12.1. The first kappa shape index (κ1) is 12.6. The van der Waals surface area contributed by atoms with Crippen molar-refractivity contribution in [3.63, 3.8) is 0 Å². The van der Waals surface area contributed by atoms with Crippen molar-refractivity contribution in [3.05, 3.63) is 34.5 Å². The van der Waals surface area contributed by atoms with Crippen molar-refractivity contribution in [3.8, 4) is 5.75 Å². The van der Waals surface area contributed by atoms with E-state index in [0.29, 0.717) is 5.75 Å². The van der Waals surface area contributed by atoms with Gasteiger partial charge in [-0.15, -0.1) is 12.6 Å². The first-order valence-electron chi connectivity index (χ1n) is 4.41. The summed E-state index contributed by atoms with van der Waals surface area (Å²) in [6, 6.07) is 4.21. The molecular weight excluding hydrogens is 231 g/mol. The van der Waals surface area contributed by atoms with Gasteiger partial charge in [-0.25, -0.2) is 9.18 Å². The fraction of sp³-hybridized carbons (Fsp3) is 0.182. The number of hydrogen-bond donors (Lipinski definition) is 1. The van der Waals surface area contributed by atoms with Crippen LogP contribution in [0.25, 0.3) is 6.08 Å². The van der Waals surface area contributed by atoms with Gasteiger partial charge in [0.2, 0.25) is 0 Å². The van der Waals surface area contributed by atoms with Gasteiger partial charge in [-0.2, -0.15) is 0 Å². The molecule has 0 aliphatic heterocycles. The molecule has 0 N–H and O–H groups in total. The van der Waals surface area contributed by atoms with Gasteiger partial charge in [0.1, 0.15) is 11.6 Å². The number of esters is 1. The van der Waals surface area contributed by atoms with Crippen LogP contribution in [0.3, 0.4) is 0 Å². The number of carbonyl (C=O) groups excluding carboxylic acids is 1. The van der Waals surface area contributed by atoms with E-state index in [1.165, 1.54) is 38.5 Å². The highest BCUT2D eigenvalue weighted by molar-refractivity contribution is 7.85. The lowest BCUT2D eigenvalue weighted by Crippen LogP contribution is -1.99. The van der Waals surface area contributed by atoms with Gasteiger partial charge in [0.15, 0.2) is 0 Å². The zero-order valence-electron chi connectivity index (χ0n) is 8.86. The fourth-order valence-electron chi connectivity index (χ4n) is 1.07. The molecule has 0 unspecified atom stereocenters. The summed E-state index contributed by atoms with van der Waals surface area (Å²) >= 11 is 3.91. The third-order valence-electron chi connectivity index (χ3n) is 1.89. The second kappa shape index (κ2) is 5.55. The average molecular weight is 242 g/mol. The lowest BCUT2D eigenvalue weighted by Gasteiger charge is -2.03. The average Bonchev–Trinajstić information content (AvgIpc) is 2.30. The summed E-state index contributed by atoms with van der Waals surface area (Å²) < 4.78 is 22.7. The molecule has 5 heteroatoms. The number of benzene rings is 1. The van der Waals surface area contributed by atoms with E-state index < -0.39 is 11.8 Å². The number of carbonyl (C=O) groups is 1. The van der Waals surface area contributed by atoms with Gasteiger partial charge >= 0.3 is 5.97 Å². The molecule has 0 amide bonds. The summed E-state index contributed by atoms with van der Waals surface area (Å²) in [7, 11) is 2.71. The van der Waals surface area contributed by atoms with E-state index in [2.05, 4.69) is 17.4 Å². The van der Waals surface area contributed by atoms with E-state index in [1.807, 2.05) is 0 Å². The molecule has 1 aromatic rings. The maximum atomic E-state index is 13.3. The van der Waals surface area contributed by atoms with Crippen LogP contribution in [-0.2, 0) is 9.53 Å². The molecule has 0 aromatic heterocycles. The van der Waals surface area contributed by atoms with Crippen LogP contribution in [0, 0.1) is 5.82 Å². The second-order valence-electron chi connectivity index (χ2n) is 2.91. The van der Waals surface area contributed by atoms with Crippen LogP contribution in [0.4, 0.5) is 4.39 Å². The topological polar surface area (TPSA) is 35.5 Å². The molecule has 0 atom stereocenters. The summed E-state index contributed by atoms with van der Waals surface area (Å²) in [5.74, 6) is -0.583. The van der Waals surface area contributed by atoms with Crippen molar-refractivity contribution in [2.24, 2.45) is 0 Å². The fourth-order valence-corrected chi connectivity index (χ4v) is 1.30. The van der Waals surface area contributed by atoms with Crippen LogP contribution in [-0.4, -0.2) is 20.2 Å². The van der Waals surface area contributed by atoms with E-state index >= 15 is 0 Å². The third kappa shape index (κ3) is 3.00.